The summed E-state index contributed by atoms with van der Waals surface area (Å²) in [7, 11) is 0. The van der Waals surface area contributed by atoms with Gasteiger partial charge in [-0.05, 0) is 30.0 Å². The van der Waals surface area contributed by atoms with E-state index in [0.717, 1.165) is 18.4 Å². The fraction of sp³-hybridized carbons (Fsp3) is 0.538. The number of benzene rings is 1. The van der Waals surface area contributed by atoms with Gasteiger partial charge >= 0.3 is 0 Å². The van der Waals surface area contributed by atoms with Crippen molar-refractivity contribution in [2.75, 3.05) is 12.3 Å². The average molecular weight is 259 g/mol. The van der Waals surface area contributed by atoms with Gasteiger partial charge < -0.3 is 5.32 Å². The standard InChI is InChI=1S/C13H19F2NS/c1-4-16-13(8-17-9(2)3)11-7-10(14)5-6-12(11)15/h5-7,9,13,16H,4,8H2,1-3H3. The average Bonchev–Trinajstić information content (AvgIpc) is 2.27. The van der Waals surface area contributed by atoms with Crippen LogP contribution in [0.4, 0.5) is 8.78 Å². The second kappa shape index (κ2) is 6.97. The van der Waals surface area contributed by atoms with Gasteiger partial charge in [0.1, 0.15) is 11.6 Å². The second-order valence-corrected chi connectivity index (χ2v) is 5.77. The van der Waals surface area contributed by atoms with Crippen molar-refractivity contribution in [3.8, 4) is 0 Å². The van der Waals surface area contributed by atoms with Crippen LogP contribution in [0.15, 0.2) is 18.2 Å². The molecule has 17 heavy (non-hydrogen) atoms. The quantitative estimate of drug-likeness (QED) is 0.835. The van der Waals surface area contributed by atoms with E-state index >= 15 is 0 Å². The maximum Gasteiger partial charge on any atom is 0.128 e. The van der Waals surface area contributed by atoms with Gasteiger partial charge in [0.25, 0.3) is 0 Å². The summed E-state index contributed by atoms with van der Waals surface area (Å²) in [6, 6.07) is 3.49. The van der Waals surface area contributed by atoms with Crippen molar-refractivity contribution in [2.45, 2.75) is 32.1 Å². The lowest BCUT2D eigenvalue weighted by molar-refractivity contribution is 0.533. The molecule has 0 amide bonds. The molecule has 0 heterocycles. The third kappa shape index (κ3) is 4.64. The Morgan fingerprint density at radius 2 is 2.00 bits per heavy atom. The molecule has 1 aromatic rings. The zero-order chi connectivity index (χ0) is 12.8. The van der Waals surface area contributed by atoms with Gasteiger partial charge in [-0.3, -0.25) is 0 Å². The molecule has 1 unspecified atom stereocenters. The van der Waals surface area contributed by atoms with Gasteiger partial charge in [-0.15, -0.1) is 0 Å². The van der Waals surface area contributed by atoms with Crippen LogP contribution < -0.4 is 5.32 Å². The van der Waals surface area contributed by atoms with E-state index in [4.69, 9.17) is 0 Å². The van der Waals surface area contributed by atoms with E-state index in [1.54, 1.807) is 11.8 Å². The van der Waals surface area contributed by atoms with Gasteiger partial charge in [0.2, 0.25) is 0 Å². The molecule has 0 aliphatic heterocycles. The lowest BCUT2D eigenvalue weighted by Gasteiger charge is -2.19. The van der Waals surface area contributed by atoms with E-state index in [9.17, 15) is 8.78 Å². The molecule has 0 aliphatic rings. The Bertz CT molecular complexity index is 355. The topological polar surface area (TPSA) is 12.0 Å². The summed E-state index contributed by atoms with van der Waals surface area (Å²) in [6.07, 6.45) is 0. The molecule has 0 saturated carbocycles. The molecule has 96 valence electrons. The minimum atomic E-state index is -0.390. The minimum absolute atomic E-state index is 0.136. The summed E-state index contributed by atoms with van der Waals surface area (Å²) in [4.78, 5) is 0. The SMILES string of the molecule is CCNC(CSC(C)C)c1cc(F)ccc1F. The number of hydrogen-bond donors (Lipinski definition) is 1. The molecular formula is C13H19F2NS. The van der Waals surface area contributed by atoms with Crippen molar-refractivity contribution in [3.05, 3.63) is 35.4 Å². The largest absolute Gasteiger partial charge is 0.309 e. The van der Waals surface area contributed by atoms with Crippen LogP contribution in [0.2, 0.25) is 0 Å². The fourth-order valence-electron chi connectivity index (χ4n) is 1.58. The summed E-state index contributed by atoms with van der Waals surface area (Å²) in [6.45, 7) is 6.88. The summed E-state index contributed by atoms with van der Waals surface area (Å²) in [5.41, 5.74) is 0.417. The van der Waals surface area contributed by atoms with Crippen LogP contribution in [-0.4, -0.2) is 17.5 Å². The molecule has 0 saturated heterocycles. The highest BCUT2D eigenvalue weighted by Gasteiger charge is 2.16. The van der Waals surface area contributed by atoms with Crippen molar-refractivity contribution >= 4 is 11.8 Å². The van der Waals surface area contributed by atoms with Crippen LogP contribution in [0.5, 0.6) is 0 Å². The molecule has 0 fully saturated rings. The van der Waals surface area contributed by atoms with Crippen molar-refractivity contribution in [3.63, 3.8) is 0 Å². The monoisotopic (exact) mass is 259 g/mol. The molecule has 1 N–H and O–H groups in total. The van der Waals surface area contributed by atoms with Crippen LogP contribution in [0.3, 0.4) is 0 Å². The molecular weight excluding hydrogens is 240 g/mol. The molecule has 0 radical (unpaired) electrons. The highest BCUT2D eigenvalue weighted by Crippen LogP contribution is 2.24. The Labute approximate surface area is 106 Å². The maximum atomic E-state index is 13.7. The Hall–Kier alpha value is -0.610. The molecule has 0 bridgehead atoms. The first-order valence-corrected chi connectivity index (χ1v) is 6.89. The van der Waals surface area contributed by atoms with Gasteiger partial charge in [-0.1, -0.05) is 20.8 Å². The molecule has 0 aromatic heterocycles. The Balaban J connectivity index is 2.84. The van der Waals surface area contributed by atoms with Crippen molar-refractivity contribution in [2.24, 2.45) is 0 Å². The zero-order valence-corrected chi connectivity index (χ0v) is 11.3. The van der Waals surface area contributed by atoms with Gasteiger partial charge in [-0.2, -0.15) is 11.8 Å². The van der Waals surface area contributed by atoms with E-state index in [0.29, 0.717) is 10.8 Å². The molecule has 1 atom stereocenters. The highest BCUT2D eigenvalue weighted by atomic mass is 32.2. The van der Waals surface area contributed by atoms with E-state index < -0.39 is 0 Å². The van der Waals surface area contributed by atoms with Gasteiger partial charge in [-0.25, -0.2) is 8.78 Å². The molecule has 0 spiro atoms. The number of nitrogens with one attached hydrogen (secondary N) is 1. The Morgan fingerprint density at radius 1 is 1.29 bits per heavy atom. The van der Waals surface area contributed by atoms with Crippen LogP contribution in [0, 0.1) is 11.6 Å². The normalized spacial score (nSPS) is 13.1. The lowest BCUT2D eigenvalue weighted by atomic mass is 10.1. The maximum absolute atomic E-state index is 13.7. The van der Waals surface area contributed by atoms with Crippen molar-refractivity contribution < 1.29 is 8.78 Å². The molecule has 4 heteroatoms. The molecule has 0 aliphatic carbocycles. The highest BCUT2D eigenvalue weighted by molar-refractivity contribution is 7.99. The van der Waals surface area contributed by atoms with E-state index in [1.807, 2.05) is 6.92 Å². The third-order valence-electron chi connectivity index (χ3n) is 2.38. The van der Waals surface area contributed by atoms with Crippen LogP contribution in [-0.2, 0) is 0 Å². The number of thioether (sulfide) groups is 1. The number of rotatable bonds is 6. The summed E-state index contributed by atoms with van der Waals surface area (Å²) in [5.74, 6) is 0.00635. The second-order valence-electron chi connectivity index (χ2n) is 4.16. The first-order valence-electron chi connectivity index (χ1n) is 5.84. The Kier molecular flexibility index (Phi) is 5.92. The van der Waals surface area contributed by atoms with Crippen LogP contribution in [0.25, 0.3) is 0 Å². The summed E-state index contributed by atoms with van der Waals surface area (Å²) >= 11 is 1.74. The first-order chi connectivity index (χ1) is 8.04. The van der Waals surface area contributed by atoms with Crippen LogP contribution in [0.1, 0.15) is 32.4 Å². The Morgan fingerprint density at radius 3 is 2.59 bits per heavy atom. The van der Waals surface area contributed by atoms with E-state index in [1.165, 1.54) is 12.1 Å². The third-order valence-corrected chi connectivity index (χ3v) is 3.57. The first kappa shape index (κ1) is 14.5. The van der Waals surface area contributed by atoms with E-state index in [2.05, 4.69) is 19.2 Å². The number of hydrogen-bond acceptors (Lipinski definition) is 2. The van der Waals surface area contributed by atoms with Crippen molar-refractivity contribution in [1.82, 2.24) is 5.32 Å². The zero-order valence-electron chi connectivity index (χ0n) is 10.5. The molecule has 1 rings (SSSR count). The lowest BCUT2D eigenvalue weighted by Crippen LogP contribution is -2.24. The van der Waals surface area contributed by atoms with Gasteiger partial charge in [0.05, 0.1) is 0 Å². The smallest absolute Gasteiger partial charge is 0.128 e. The van der Waals surface area contributed by atoms with Gasteiger partial charge in [0, 0.05) is 17.4 Å². The summed E-state index contributed by atoms with van der Waals surface area (Å²) in [5, 5.41) is 3.67. The summed E-state index contributed by atoms with van der Waals surface area (Å²) < 4.78 is 26.8. The molecule has 1 nitrogen and oxygen atoms in total. The van der Waals surface area contributed by atoms with Crippen LogP contribution >= 0.6 is 11.8 Å². The molecule has 1 aromatic carbocycles. The van der Waals surface area contributed by atoms with Crippen molar-refractivity contribution in [1.29, 1.82) is 0 Å². The van der Waals surface area contributed by atoms with E-state index in [-0.39, 0.29) is 17.7 Å². The number of halogens is 2. The predicted octanol–water partition coefficient (Wildman–Crippen LogP) is 3.76. The van der Waals surface area contributed by atoms with Gasteiger partial charge in [0.15, 0.2) is 0 Å². The predicted molar refractivity (Wildman–Crippen MR) is 70.4 cm³/mol. The fourth-order valence-corrected chi connectivity index (χ4v) is 2.45. The minimum Gasteiger partial charge on any atom is -0.309 e.